The number of rotatable bonds is 13. The molecule has 0 aliphatic heterocycles. The molecule has 0 atom stereocenters. The molecule has 0 radical (unpaired) electrons. The van der Waals surface area contributed by atoms with Gasteiger partial charge in [-0.2, -0.15) is 0 Å². The first kappa shape index (κ1) is 65.0. The lowest BCUT2D eigenvalue weighted by atomic mass is 9.97. The molecule has 0 amide bonds. The largest absolute Gasteiger partial charge is 0.455 e. The van der Waals surface area contributed by atoms with Crippen molar-refractivity contribution in [1.29, 1.82) is 0 Å². The van der Waals surface area contributed by atoms with Gasteiger partial charge < -0.3 is 18.6 Å². The second-order valence-corrected chi connectivity index (χ2v) is 28.3. The van der Waals surface area contributed by atoms with E-state index in [0.29, 0.717) is 0 Å². The van der Waals surface area contributed by atoms with Gasteiger partial charge in [0.25, 0.3) is 0 Å². The van der Waals surface area contributed by atoms with Gasteiger partial charge in [0, 0.05) is 66.8 Å². The zero-order valence-electron chi connectivity index (χ0n) is 60.1. The predicted octanol–water partition coefficient (Wildman–Crippen LogP) is 30.4. The second-order valence-electron chi connectivity index (χ2n) is 28.3. The van der Waals surface area contributed by atoms with E-state index >= 15 is 0 Å². The minimum atomic E-state index is 0.885. The topological polar surface area (TPSA) is 32.8 Å². The van der Waals surface area contributed by atoms with Gasteiger partial charge in [-0.3, -0.25) is 0 Å². The molecule has 21 aromatic rings. The van der Waals surface area contributed by atoms with Crippen molar-refractivity contribution in [1.82, 2.24) is 0 Å². The lowest BCUT2D eigenvalue weighted by molar-refractivity contribution is 0.669. The molecule has 0 aliphatic carbocycles. The van der Waals surface area contributed by atoms with Crippen LogP contribution in [-0.4, -0.2) is 0 Å². The molecule has 110 heavy (non-hydrogen) atoms. The van der Waals surface area contributed by atoms with Crippen LogP contribution in [0.1, 0.15) is 0 Å². The van der Waals surface area contributed by atoms with Crippen LogP contribution < -0.4 is 9.80 Å². The molecule has 0 saturated heterocycles. The normalized spacial score (nSPS) is 11.5. The maximum absolute atomic E-state index is 6.65. The maximum Gasteiger partial charge on any atom is 0.143 e. The van der Waals surface area contributed by atoms with Crippen LogP contribution in [0.15, 0.2) is 433 Å². The average Bonchev–Trinajstić information content (AvgIpc) is 1.35. The molecule has 0 spiro atoms. The molecule has 2 aromatic heterocycles. The number of fused-ring (bicyclic) bond motifs is 12. The number of hydrogen-bond donors (Lipinski definition) is 0. The number of furan rings is 2. The molecule has 0 N–H and O–H groups in total. The summed E-state index contributed by atoms with van der Waals surface area (Å²) in [7, 11) is 0. The lowest BCUT2D eigenvalue weighted by Gasteiger charge is -2.26. The van der Waals surface area contributed by atoms with Crippen molar-refractivity contribution in [3.8, 4) is 77.9 Å². The third-order valence-electron chi connectivity index (χ3n) is 21.7. The summed E-state index contributed by atoms with van der Waals surface area (Å²) >= 11 is 0. The Morgan fingerprint density at radius 3 is 0.827 bits per heavy atom. The van der Waals surface area contributed by atoms with Crippen molar-refractivity contribution in [3.63, 3.8) is 0 Å². The highest BCUT2D eigenvalue weighted by atomic mass is 16.3. The Morgan fingerprint density at radius 2 is 0.418 bits per heavy atom. The minimum Gasteiger partial charge on any atom is -0.455 e. The fourth-order valence-electron chi connectivity index (χ4n) is 16.2. The Labute approximate surface area is 638 Å². The van der Waals surface area contributed by atoms with Crippen LogP contribution in [0.5, 0.6) is 0 Å². The Balaban J connectivity index is 0.000000145. The highest BCUT2D eigenvalue weighted by Crippen LogP contribution is 2.45. The fraction of sp³-hybridized carbons (Fsp3) is 0. The molecule has 0 unspecified atom stereocenters. The van der Waals surface area contributed by atoms with Gasteiger partial charge in [-0.15, -0.1) is 0 Å². The summed E-state index contributed by atoms with van der Waals surface area (Å²) in [4.78, 5) is 4.70. The highest BCUT2D eigenvalue weighted by Gasteiger charge is 2.21. The SMILES string of the molecule is c1ccc(-c2ccc(N(c3ccc(-c4cccc5c4oc4ccc(-c6cccc(-c7ccccc7)c6)cc45)cc3)c3ccc4c(ccc5ccccc54)c3)cc2)cc1.c1ccc(-c2ccc(N(c3ccc(-c4cccc5c4oc4ccc(-c6ccccc6)cc45)cc3)c3ccc4c(ccc5ccccc54)c3)cc2)cc1. The van der Waals surface area contributed by atoms with Crippen molar-refractivity contribution in [3.05, 3.63) is 425 Å². The second kappa shape index (κ2) is 28.0. The maximum atomic E-state index is 6.65. The molecule has 0 fully saturated rings. The van der Waals surface area contributed by atoms with Crippen LogP contribution in [0, 0.1) is 0 Å². The Morgan fingerprint density at radius 1 is 0.145 bits per heavy atom. The molecule has 4 nitrogen and oxygen atoms in total. The molecule has 0 saturated carbocycles. The molecular formula is C106H70N2O2. The summed E-state index contributed by atoms with van der Waals surface area (Å²) in [5.41, 5.74) is 26.5. The van der Waals surface area contributed by atoms with Gasteiger partial charge >= 0.3 is 0 Å². The van der Waals surface area contributed by atoms with E-state index in [-0.39, 0.29) is 0 Å². The van der Waals surface area contributed by atoms with Gasteiger partial charge in [0.2, 0.25) is 0 Å². The molecule has 19 aromatic carbocycles. The first-order valence-corrected chi connectivity index (χ1v) is 37.6. The Hall–Kier alpha value is -14.6. The quantitative estimate of drug-likeness (QED) is 0.108. The van der Waals surface area contributed by atoms with E-state index in [1.54, 1.807) is 0 Å². The fourth-order valence-corrected chi connectivity index (χ4v) is 16.2. The van der Waals surface area contributed by atoms with E-state index < -0.39 is 0 Å². The van der Waals surface area contributed by atoms with Crippen LogP contribution >= 0.6 is 0 Å². The predicted molar refractivity (Wildman–Crippen MR) is 465 cm³/mol. The van der Waals surface area contributed by atoms with Gasteiger partial charge in [-0.05, 0) is 213 Å². The summed E-state index contributed by atoms with van der Waals surface area (Å²) < 4.78 is 13.2. The monoisotopic (exact) mass is 1400 g/mol. The van der Waals surface area contributed by atoms with Crippen LogP contribution in [0.2, 0.25) is 0 Å². The van der Waals surface area contributed by atoms with E-state index in [4.69, 9.17) is 8.83 Å². The van der Waals surface area contributed by atoms with E-state index in [1.165, 1.54) is 98.7 Å². The van der Waals surface area contributed by atoms with E-state index in [2.05, 4.69) is 434 Å². The Bertz CT molecular complexity index is 6970. The molecule has 2 heterocycles. The van der Waals surface area contributed by atoms with Gasteiger partial charge in [0.1, 0.15) is 22.3 Å². The van der Waals surface area contributed by atoms with Gasteiger partial charge in [-0.1, -0.05) is 322 Å². The molecule has 4 heteroatoms. The van der Waals surface area contributed by atoms with Crippen LogP contribution in [0.4, 0.5) is 34.1 Å². The van der Waals surface area contributed by atoms with Crippen LogP contribution in [0.25, 0.3) is 165 Å². The highest BCUT2D eigenvalue weighted by molar-refractivity contribution is 6.14. The first-order chi connectivity index (χ1) is 54.5. The van der Waals surface area contributed by atoms with Crippen molar-refractivity contribution in [2.75, 3.05) is 9.80 Å². The number of nitrogens with zero attached hydrogens (tertiary/aromatic N) is 2. The van der Waals surface area contributed by atoms with Gasteiger partial charge in [0.05, 0.1) is 0 Å². The number of para-hydroxylation sites is 2. The van der Waals surface area contributed by atoms with E-state index in [1.807, 2.05) is 0 Å². The van der Waals surface area contributed by atoms with Crippen molar-refractivity contribution < 1.29 is 8.83 Å². The van der Waals surface area contributed by atoms with Gasteiger partial charge in [-0.25, -0.2) is 0 Å². The molecule has 516 valence electrons. The van der Waals surface area contributed by atoms with Crippen molar-refractivity contribution >= 4 is 121 Å². The third kappa shape index (κ3) is 12.2. The third-order valence-corrected chi connectivity index (χ3v) is 21.7. The van der Waals surface area contributed by atoms with Crippen LogP contribution in [-0.2, 0) is 0 Å². The van der Waals surface area contributed by atoms with Crippen LogP contribution in [0.3, 0.4) is 0 Å². The lowest BCUT2D eigenvalue weighted by Crippen LogP contribution is -2.09. The summed E-state index contributed by atoms with van der Waals surface area (Å²) in [6.45, 7) is 0. The van der Waals surface area contributed by atoms with Crippen molar-refractivity contribution in [2.45, 2.75) is 0 Å². The summed E-state index contributed by atoms with van der Waals surface area (Å²) in [6, 6.07) is 152. The van der Waals surface area contributed by atoms with E-state index in [9.17, 15) is 0 Å². The standard InChI is InChI=1S/C56H37NO.C50H33NO/c1-3-11-38(12-4-1)40-23-28-47(29-24-40)57(49-32-33-51-46(36-49)22-21-41-15-7-8-18-50(41)51)48-30-25-42(26-31-48)52-19-10-20-53-54-37-45(27-34-55(54)58-56(52)53)44-17-9-16-43(35-44)39-13-5-2-6-14-39;1-3-10-34(11-4-1)36-20-25-41(26-21-36)51(43-29-30-45-40(32-43)19-18-37-14-7-8-15-44(37)45)42-27-22-38(23-28-42)46-16-9-17-47-48-33-39(35-12-5-2-6-13-35)24-31-49(48)52-50(46)47/h1-37H;1-33H. The number of anilines is 6. The molecule has 0 bridgehead atoms. The first-order valence-electron chi connectivity index (χ1n) is 37.6. The van der Waals surface area contributed by atoms with Gasteiger partial charge in [0.15, 0.2) is 0 Å². The average molecular weight is 1400 g/mol. The van der Waals surface area contributed by atoms with Crippen molar-refractivity contribution in [2.24, 2.45) is 0 Å². The minimum absolute atomic E-state index is 0.885. The smallest absolute Gasteiger partial charge is 0.143 e. The summed E-state index contributed by atoms with van der Waals surface area (Å²) in [5, 5.41) is 14.5. The van der Waals surface area contributed by atoms with E-state index in [0.717, 1.165) is 100 Å². The Kier molecular flexibility index (Phi) is 16.6. The zero-order valence-corrected chi connectivity index (χ0v) is 60.1. The number of benzene rings is 19. The summed E-state index contributed by atoms with van der Waals surface area (Å²) in [6.07, 6.45) is 0. The zero-order chi connectivity index (χ0) is 72.9. The summed E-state index contributed by atoms with van der Waals surface area (Å²) in [5.74, 6) is 0. The molecule has 0 aliphatic rings. The molecule has 21 rings (SSSR count). The number of hydrogen-bond acceptors (Lipinski definition) is 4. The molecular weight excluding hydrogens is 1330 g/mol.